The minimum absolute atomic E-state index is 0.0314. The molecule has 0 saturated heterocycles. The Morgan fingerprint density at radius 1 is 1.24 bits per heavy atom. The van der Waals surface area contributed by atoms with E-state index in [2.05, 4.69) is 5.32 Å². The average molecular weight is 357 g/mol. The fourth-order valence-corrected chi connectivity index (χ4v) is 3.19. The highest BCUT2D eigenvalue weighted by Gasteiger charge is 2.15. The normalized spacial score (nSPS) is 11.9. The number of rotatable bonds is 7. The van der Waals surface area contributed by atoms with Gasteiger partial charge in [-0.2, -0.15) is 0 Å². The van der Waals surface area contributed by atoms with Gasteiger partial charge in [0.1, 0.15) is 17.6 Å². The predicted molar refractivity (Wildman–Crippen MR) is 95.6 cm³/mol. The summed E-state index contributed by atoms with van der Waals surface area (Å²) >= 11 is 1.43. The molecule has 0 aliphatic heterocycles. The quantitative estimate of drug-likeness (QED) is 0.680. The fourth-order valence-electron chi connectivity index (χ4n) is 2.24. The van der Waals surface area contributed by atoms with Crippen molar-refractivity contribution < 1.29 is 19.1 Å². The molecule has 3 aromatic rings. The number of amides is 1. The van der Waals surface area contributed by atoms with E-state index in [0.717, 1.165) is 15.3 Å². The van der Waals surface area contributed by atoms with Gasteiger partial charge in [0.05, 0.1) is 12.8 Å². The SMILES string of the molecule is Cc1ccc(OCC(=O)NCc2ccc(C(O)c3ccco3)s2)cc1. The van der Waals surface area contributed by atoms with Crippen molar-refractivity contribution in [3.8, 4) is 5.75 Å². The highest BCUT2D eigenvalue weighted by molar-refractivity contribution is 7.12. The predicted octanol–water partition coefficient (Wildman–Crippen LogP) is 3.43. The third kappa shape index (κ3) is 4.71. The molecule has 0 spiro atoms. The zero-order valence-corrected chi connectivity index (χ0v) is 14.6. The molecule has 5 nitrogen and oxygen atoms in total. The van der Waals surface area contributed by atoms with Crippen LogP contribution in [0.2, 0.25) is 0 Å². The third-order valence-corrected chi connectivity index (χ3v) is 4.75. The van der Waals surface area contributed by atoms with Crippen LogP contribution in [-0.4, -0.2) is 17.6 Å². The number of furan rings is 1. The lowest BCUT2D eigenvalue weighted by molar-refractivity contribution is -0.123. The molecule has 2 heterocycles. The maximum atomic E-state index is 11.9. The Morgan fingerprint density at radius 2 is 2.04 bits per heavy atom. The molecule has 2 aromatic heterocycles. The molecule has 6 heteroatoms. The van der Waals surface area contributed by atoms with Crippen molar-refractivity contribution in [2.45, 2.75) is 19.6 Å². The Kier molecular flexibility index (Phi) is 5.53. The third-order valence-electron chi connectivity index (χ3n) is 3.62. The van der Waals surface area contributed by atoms with Gasteiger partial charge in [-0.3, -0.25) is 4.79 Å². The lowest BCUT2D eigenvalue weighted by atomic mass is 10.2. The van der Waals surface area contributed by atoms with E-state index in [1.54, 1.807) is 12.1 Å². The Morgan fingerprint density at radius 3 is 2.76 bits per heavy atom. The first-order valence-electron chi connectivity index (χ1n) is 7.88. The zero-order valence-electron chi connectivity index (χ0n) is 13.8. The second-order valence-corrected chi connectivity index (χ2v) is 6.80. The van der Waals surface area contributed by atoms with Crippen LogP contribution in [0.1, 0.15) is 27.2 Å². The summed E-state index contributed by atoms with van der Waals surface area (Å²) in [6.07, 6.45) is 0.746. The van der Waals surface area contributed by atoms with Gasteiger partial charge in [0, 0.05) is 9.75 Å². The van der Waals surface area contributed by atoms with Gasteiger partial charge in [-0.1, -0.05) is 17.7 Å². The molecule has 0 aliphatic rings. The molecule has 0 bridgehead atoms. The molecule has 0 fully saturated rings. The van der Waals surface area contributed by atoms with Gasteiger partial charge < -0.3 is 19.6 Å². The van der Waals surface area contributed by atoms with Crippen LogP contribution in [0.15, 0.2) is 59.2 Å². The number of aliphatic hydroxyl groups is 1. The molecule has 3 rings (SSSR count). The van der Waals surface area contributed by atoms with Crippen LogP contribution in [0.4, 0.5) is 0 Å². The highest BCUT2D eigenvalue weighted by atomic mass is 32.1. The second-order valence-electron chi connectivity index (χ2n) is 5.60. The van der Waals surface area contributed by atoms with Gasteiger partial charge in [-0.05, 0) is 43.3 Å². The molecule has 0 radical (unpaired) electrons. The topological polar surface area (TPSA) is 71.7 Å². The molecule has 1 amide bonds. The largest absolute Gasteiger partial charge is 0.484 e. The van der Waals surface area contributed by atoms with Crippen molar-refractivity contribution in [1.29, 1.82) is 0 Å². The zero-order chi connectivity index (χ0) is 17.6. The molecule has 130 valence electrons. The van der Waals surface area contributed by atoms with E-state index >= 15 is 0 Å². The molecular formula is C19H19NO4S. The molecule has 0 saturated carbocycles. The number of hydrogen-bond donors (Lipinski definition) is 2. The van der Waals surface area contributed by atoms with E-state index in [-0.39, 0.29) is 12.5 Å². The van der Waals surface area contributed by atoms with E-state index in [1.807, 2.05) is 43.3 Å². The Hall–Kier alpha value is -2.57. The highest BCUT2D eigenvalue weighted by Crippen LogP contribution is 2.28. The molecule has 2 N–H and O–H groups in total. The standard InChI is InChI=1S/C19H19NO4S/c1-13-4-6-14(7-5-13)24-12-18(21)20-11-15-8-9-17(25-15)19(22)16-3-2-10-23-16/h2-10,19,22H,11-12H2,1H3,(H,20,21). The van der Waals surface area contributed by atoms with Crippen LogP contribution in [0.25, 0.3) is 0 Å². The summed E-state index contributed by atoms with van der Waals surface area (Å²) in [5.41, 5.74) is 1.14. The maximum absolute atomic E-state index is 11.9. The number of nitrogens with one attached hydrogen (secondary N) is 1. The van der Waals surface area contributed by atoms with Gasteiger partial charge in [-0.25, -0.2) is 0 Å². The number of carbonyl (C=O) groups excluding carboxylic acids is 1. The Balaban J connectivity index is 1.47. The number of thiophene rings is 1. The van der Waals surface area contributed by atoms with Crippen LogP contribution in [0.3, 0.4) is 0 Å². The summed E-state index contributed by atoms with van der Waals surface area (Å²) in [6, 6.07) is 14.7. The first-order valence-corrected chi connectivity index (χ1v) is 8.70. The molecule has 1 aromatic carbocycles. The van der Waals surface area contributed by atoms with E-state index < -0.39 is 6.10 Å². The molecular weight excluding hydrogens is 338 g/mol. The molecule has 1 atom stereocenters. The van der Waals surface area contributed by atoms with E-state index in [4.69, 9.17) is 9.15 Å². The van der Waals surface area contributed by atoms with Crippen molar-refractivity contribution >= 4 is 17.2 Å². The Bertz CT molecular complexity index is 808. The van der Waals surface area contributed by atoms with Crippen LogP contribution in [0.5, 0.6) is 5.75 Å². The van der Waals surface area contributed by atoms with Crippen LogP contribution >= 0.6 is 11.3 Å². The minimum Gasteiger partial charge on any atom is -0.484 e. The summed E-state index contributed by atoms with van der Waals surface area (Å²) < 4.78 is 10.7. The number of carbonyl (C=O) groups is 1. The summed E-state index contributed by atoms with van der Waals surface area (Å²) in [5, 5.41) is 13.0. The van der Waals surface area contributed by atoms with Crippen LogP contribution in [0, 0.1) is 6.92 Å². The first kappa shape index (κ1) is 17.3. The summed E-state index contributed by atoms with van der Waals surface area (Å²) in [5.74, 6) is 0.978. The monoisotopic (exact) mass is 357 g/mol. The van der Waals surface area contributed by atoms with Gasteiger partial charge >= 0.3 is 0 Å². The van der Waals surface area contributed by atoms with E-state index in [0.29, 0.717) is 18.1 Å². The average Bonchev–Trinajstić information content (AvgIpc) is 3.30. The van der Waals surface area contributed by atoms with Crippen molar-refractivity contribution in [1.82, 2.24) is 5.32 Å². The minimum atomic E-state index is -0.783. The lowest BCUT2D eigenvalue weighted by Crippen LogP contribution is -2.28. The van der Waals surface area contributed by atoms with Gasteiger partial charge in [-0.15, -0.1) is 11.3 Å². The summed E-state index contributed by atoms with van der Waals surface area (Å²) in [6.45, 7) is 2.36. The smallest absolute Gasteiger partial charge is 0.258 e. The van der Waals surface area contributed by atoms with Crippen LogP contribution < -0.4 is 10.1 Å². The Labute approximate surface area is 149 Å². The van der Waals surface area contributed by atoms with Crippen LogP contribution in [-0.2, 0) is 11.3 Å². The lowest BCUT2D eigenvalue weighted by Gasteiger charge is -2.07. The van der Waals surface area contributed by atoms with Crippen molar-refractivity contribution in [2.24, 2.45) is 0 Å². The summed E-state index contributed by atoms with van der Waals surface area (Å²) in [4.78, 5) is 13.6. The van der Waals surface area contributed by atoms with Crippen molar-refractivity contribution in [3.05, 3.63) is 75.9 Å². The molecule has 25 heavy (non-hydrogen) atoms. The number of benzene rings is 1. The number of ether oxygens (including phenoxy) is 1. The number of hydrogen-bond acceptors (Lipinski definition) is 5. The van der Waals surface area contributed by atoms with Gasteiger partial charge in [0.25, 0.3) is 5.91 Å². The second kappa shape index (κ2) is 8.00. The van der Waals surface area contributed by atoms with Gasteiger partial charge in [0.15, 0.2) is 6.61 Å². The van der Waals surface area contributed by atoms with E-state index in [1.165, 1.54) is 17.6 Å². The molecule has 0 aliphatic carbocycles. The number of aliphatic hydroxyl groups excluding tert-OH is 1. The summed E-state index contributed by atoms with van der Waals surface area (Å²) in [7, 11) is 0. The van der Waals surface area contributed by atoms with Crippen molar-refractivity contribution in [2.75, 3.05) is 6.61 Å². The van der Waals surface area contributed by atoms with Gasteiger partial charge in [0.2, 0.25) is 0 Å². The molecule has 1 unspecified atom stereocenters. The number of aryl methyl sites for hydroxylation is 1. The van der Waals surface area contributed by atoms with E-state index in [9.17, 15) is 9.90 Å². The first-order chi connectivity index (χ1) is 12.1. The fraction of sp³-hybridized carbons (Fsp3) is 0.211. The maximum Gasteiger partial charge on any atom is 0.258 e. The van der Waals surface area contributed by atoms with Crippen molar-refractivity contribution in [3.63, 3.8) is 0 Å².